The van der Waals surface area contributed by atoms with Crippen molar-refractivity contribution in [3.8, 4) is 0 Å². The van der Waals surface area contributed by atoms with Gasteiger partial charge in [0.05, 0.1) is 22.3 Å². The van der Waals surface area contributed by atoms with Crippen molar-refractivity contribution in [2.24, 2.45) is 0 Å². The highest BCUT2D eigenvalue weighted by molar-refractivity contribution is 7.98. The third-order valence-corrected chi connectivity index (χ3v) is 4.11. The average Bonchev–Trinajstić information content (AvgIpc) is 2.49. The van der Waals surface area contributed by atoms with Gasteiger partial charge in [-0.3, -0.25) is 4.79 Å². The summed E-state index contributed by atoms with van der Waals surface area (Å²) in [6, 6.07) is 12.9. The van der Waals surface area contributed by atoms with Crippen molar-refractivity contribution in [2.75, 3.05) is 23.4 Å². The van der Waals surface area contributed by atoms with E-state index in [9.17, 15) is 4.79 Å². The van der Waals surface area contributed by atoms with Crippen LogP contribution in [0.2, 0.25) is 10.0 Å². The molecule has 0 unspecified atom stereocenters. The number of rotatable bonds is 5. The standard InChI is InChI=1S/C15H14Cl2N2OS/c1-21-11-5-2-4-10(8-11)18-9-14(20)19-15-12(16)6-3-7-13(15)17/h2-8,18H,9H2,1H3,(H,19,20). The second kappa shape index (κ2) is 7.59. The van der Waals surface area contributed by atoms with Gasteiger partial charge in [0.2, 0.25) is 5.91 Å². The second-order valence-electron chi connectivity index (χ2n) is 4.23. The van der Waals surface area contributed by atoms with Crippen molar-refractivity contribution in [2.45, 2.75) is 4.90 Å². The molecule has 3 nitrogen and oxygen atoms in total. The Balaban J connectivity index is 1.96. The maximum Gasteiger partial charge on any atom is 0.243 e. The van der Waals surface area contributed by atoms with Crippen LogP contribution in [0.25, 0.3) is 0 Å². The van der Waals surface area contributed by atoms with E-state index in [4.69, 9.17) is 23.2 Å². The summed E-state index contributed by atoms with van der Waals surface area (Å²) in [5.74, 6) is -0.209. The van der Waals surface area contributed by atoms with Gasteiger partial charge < -0.3 is 10.6 Å². The highest BCUT2D eigenvalue weighted by atomic mass is 35.5. The number of anilines is 2. The van der Waals surface area contributed by atoms with Crippen LogP contribution in [0.15, 0.2) is 47.4 Å². The van der Waals surface area contributed by atoms with Crippen molar-refractivity contribution in [1.82, 2.24) is 0 Å². The zero-order valence-corrected chi connectivity index (χ0v) is 13.6. The van der Waals surface area contributed by atoms with Crippen LogP contribution in [0.4, 0.5) is 11.4 Å². The van der Waals surface area contributed by atoms with Gasteiger partial charge in [-0.15, -0.1) is 11.8 Å². The lowest BCUT2D eigenvalue weighted by molar-refractivity contribution is -0.114. The van der Waals surface area contributed by atoms with E-state index in [1.54, 1.807) is 30.0 Å². The number of benzene rings is 2. The fourth-order valence-electron chi connectivity index (χ4n) is 1.72. The Labute approximate surface area is 138 Å². The van der Waals surface area contributed by atoms with E-state index in [0.29, 0.717) is 15.7 Å². The lowest BCUT2D eigenvalue weighted by atomic mass is 10.3. The minimum atomic E-state index is -0.209. The predicted octanol–water partition coefficient (Wildman–Crippen LogP) is 4.77. The average molecular weight is 341 g/mol. The Hall–Kier alpha value is -1.36. The first-order chi connectivity index (χ1) is 10.1. The SMILES string of the molecule is CSc1cccc(NCC(=O)Nc2c(Cl)cccc2Cl)c1. The molecule has 0 bridgehead atoms. The molecule has 0 aromatic heterocycles. The van der Waals surface area contributed by atoms with Crippen molar-refractivity contribution < 1.29 is 4.79 Å². The van der Waals surface area contributed by atoms with Crippen LogP contribution in [-0.2, 0) is 4.79 Å². The van der Waals surface area contributed by atoms with Crippen molar-refractivity contribution in [1.29, 1.82) is 0 Å². The molecule has 0 aliphatic carbocycles. The van der Waals surface area contributed by atoms with E-state index < -0.39 is 0 Å². The summed E-state index contributed by atoms with van der Waals surface area (Å²) in [4.78, 5) is 13.1. The van der Waals surface area contributed by atoms with Crippen molar-refractivity contribution >= 4 is 52.2 Å². The topological polar surface area (TPSA) is 41.1 Å². The molecule has 0 fully saturated rings. The van der Waals surface area contributed by atoms with Gasteiger partial charge in [-0.2, -0.15) is 0 Å². The van der Waals surface area contributed by atoms with E-state index >= 15 is 0 Å². The van der Waals surface area contributed by atoms with Crippen LogP contribution in [0.5, 0.6) is 0 Å². The number of hydrogen-bond acceptors (Lipinski definition) is 3. The molecule has 0 heterocycles. The van der Waals surface area contributed by atoms with Gasteiger partial charge in [0.15, 0.2) is 0 Å². The Morgan fingerprint density at radius 3 is 2.48 bits per heavy atom. The molecule has 6 heteroatoms. The van der Waals surface area contributed by atoms with Gasteiger partial charge in [0.1, 0.15) is 0 Å². The van der Waals surface area contributed by atoms with Gasteiger partial charge in [0, 0.05) is 10.6 Å². The zero-order valence-electron chi connectivity index (χ0n) is 11.3. The first-order valence-corrected chi connectivity index (χ1v) is 8.20. The number of amides is 1. The molecule has 21 heavy (non-hydrogen) atoms. The van der Waals surface area contributed by atoms with Crippen molar-refractivity contribution in [3.63, 3.8) is 0 Å². The van der Waals surface area contributed by atoms with Gasteiger partial charge in [-0.1, -0.05) is 35.3 Å². The first kappa shape index (κ1) is 16.0. The Morgan fingerprint density at radius 2 is 1.81 bits per heavy atom. The number of thioether (sulfide) groups is 1. The summed E-state index contributed by atoms with van der Waals surface area (Å²) in [5.41, 5.74) is 1.33. The largest absolute Gasteiger partial charge is 0.376 e. The Morgan fingerprint density at radius 1 is 1.14 bits per heavy atom. The van der Waals surface area contributed by atoms with E-state index in [-0.39, 0.29) is 12.5 Å². The van der Waals surface area contributed by atoms with Crippen LogP contribution >= 0.6 is 35.0 Å². The molecule has 0 saturated heterocycles. The molecular formula is C15H14Cl2N2OS. The highest BCUT2D eigenvalue weighted by Crippen LogP contribution is 2.29. The molecule has 2 rings (SSSR count). The Bertz CT molecular complexity index is 629. The summed E-state index contributed by atoms with van der Waals surface area (Å²) in [6.07, 6.45) is 2.01. The summed E-state index contributed by atoms with van der Waals surface area (Å²) in [7, 11) is 0. The quantitative estimate of drug-likeness (QED) is 0.770. The molecule has 2 aromatic rings. The Kier molecular flexibility index (Phi) is 5.79. The lowest BCUT2D eigenvalue weighted by Crippen LogP contribution is -2.22. The first-order valence-electron chi connectivity index (χ1n) is 6.22. The third-order valence-electron chi connectivity index (χ3n) is 2.75. The third kappa shape index (κ3) is 4.56. The molecular weight excluding hydrogens is 327 g/mol. The summed E-state index contributed by atoms with van der Waals surface area (Å²) < 4.78 is 0. The minimum absolute atomic E-state index is 0.138. The second-order valence-corrected chi connectivity index (χ2v) is 5.92. The van der Waals surface area contributed by atoms with Crippen LogP contribution in [0.3, 0.4) is 0 Å². The molecule has 0 saturated carbocycles. The van der Waals surface area contributed by atoms with Gasteiger partial charge >= 0.3 is 0 Å². The summed E-state index contributed by atoms with van der Waals surface area (Å²) in [5, 5.41) is 6.61. The fraction of sp³-hybridized carbons (Fsp3) is 0.133. The number of halogens is 2. The van der Waals surface area contributed by atoms with Crippen LogP contribution in [0.1, 0.15) is 0 Å². The molecule has 0 spiro atoms. The molecule has 0 aliphatic rings. The smallest absolute Gasteiger partial charge is 0.243 e. The number of para-hydroxylation sites is 1. The molecule has 0 radical (unpaired) electrons. The van der Waals surface area contributed by atoms with Gasteiger partial charge in [-0.05, 0) is 36.6 Å². The maximum atomic E-state index is 11.9. The molecule has 110 valence electrons. The van der Waals surface area contributed by atoms with Crippen molar-refractivity contribution in [3.05, 3.63) is 52.5 Å². The number of hydrogen-bond donors (Lipinski definition) is 2. The van der Waals surface area contributed by atoms with E-state index in [1.807, 2.05) is 30.5 Å². The van der Waals surface area contributed by atoms with Crippen LogP contribution in [-0.4, -0.2) is 18.7 Å². The summed E-state index contributed by atoms with van der Waals surface area (Å²) in [6.45, 7) is 0.138. The van der Waals surface area contributed by atoms with Gasteiger partial charge in [-0.25, -0.2) is 0 Å². The molecule has 0 atom stereocenters. The van der Waals surface area contributed by atoms with E-state index in [0.717, 1.165) is 10.6 Å². The lowest BCUT2D eigenvalue weighted by Gasteiger charge is -2.11. The normalized spacial score (nSPS) is 10.2. The predicted molar refractivity (Wildman–Crippen MR) is 91.8 cm³/mol. The number of carbonyl (C=O) groups is 1. The minimum Gasteiger partial charge on any atom is -0.376 e. The highest BCUT2D eigenvalue weighted by Gasteiger charge is 2.09. The van der Waals surface area contributed by atoms with Crippen LogP contribution < -0.4 is 10.6 Å². The number of carbonyl (C=O) groups excluding carboxylic acids is 1. The molecule has 0 aliphatic heterocycles. The number of nitrogens with one attached hydrogen (secondary N) is 2. The fourth-order valence-corrected chi connectivity index (χ4v) is 2.67. The summed E-state index contributed by atoms with van der Waals surface area (Å²) >= 11 is 13.7. The van der Waals surface area contributed by atoms with Gasteiger partial charge in [0.25, 0.3) is 0 Å². The van der Waals surface area contributed by atoms with Crippen LogP contribution in [0, 0.1) is 0 Å². The molecule has 1 amide bonds. The molecule has 2 N–H and O–H groups in total. The van der Waals surface area contributed by atoms with E-state index in [1.165, 1.54) is 0 Å². The van der Waals surface area contributed by atoms with E-state index in [2.05, 4.69) is 10.6 Å². The molecule has 2 aromatic carbocycles. The maximum absolute atomic E-state index is 11.9. The zero-order chi connectivity index (χ0) is 15.2. The monoisotopic (exact) mass is 340 g/mol.